The number of piperidine rings is 1. The van der Waals surface area contributed by atoms with Gasteiger partial charge in [0.25, 0.3) is 11.8 Å². The molecule has 0 aliphatic carbocycles. The summed E-state index contributed by atoms with van der Waals surface area (Å²) in [6.07, 6.45) is 3.80. The molecule has 0 atom stereocenters. The number of likely N-dealkylation sites (tertiary alicyclic amines) is 1. The average molecular weight is 381 g/mol. The Bertz CT molecular complexity index is 816. The molecule has 2 aromatic rings. The summed E-state index contributed by atoms with van der Waals surface area (Å²) in [6.45, 7) is 4.02. The lowest BCUT2D eigenvalue weighted by Gasteiger charge is -2.26. The number of carbonyl (C=O) groups is 2. The third kappa shape index (κ3) is 5.57. The monoisotopic (exact) mass is 381 g/mol. The Morgan fingerprint density at radius 3 is 2.61 bits per heavy atom. The van der Waals surface area contributed by atoms with Gasteiger partial charge < -0.3 is 20.7 Å². The zero-order valence-electron chi connectivity index (χ0n) is 16.0. The van der Waals surface area contributed by atoms with Gasteiger partial charge in [0.05, 0.1) is 5.56 Å². The minimum atomic E-state index is -0.530. The van der Waals surface area contributed by atoms with Crippen LogP contribution < -0.4 is 15.8 Å². The quantitative estimate of drug-likeness (QED) is 0.736. The first-order chi connectivity index (χ1) is 13.6. The van der Waals surface area contributed by atoms with E-state index in [9.17, 15) is 9.59 Å². The van der Waals surface area contributed by atoms with Crippen LogP contribution in [0.4, 0.5) is 0 Å². The molecule has 2 amide bonds. The Kier molecular flexibility index (Phi) is 7.03. The van der Waals surface area contributed by atoms with Gasteiger partial charge in [0.1, 0.15) is 12.4 Å². The number of primary amides is 1. The Balaban J connectivity index is 1.53. The maximum absolute atomic E-state index is 12.4. The second kappa shape index (κ2) is 9.90. The number of nitrogens with zero attached hydrogens (tertiary/aromatic N) is 1. The lowest BCUT2D eigenvalue weighted by molar-refractivity contribution is 0.0945. The molecular weight excluding hydrogens is 354 g/mol. The summed E-state index contributed by atoms with van der Waals surface area (Å²) in [7, 11) is 0. The second-order valence-corrected chi connectivity index (χ2v) is 7.01. The van der Waals surface area contributed by atoms with E-state index in [1.165, 1.54) is 19.3 Å². The third-order valence-corrected chi connectivity index (χ3v) is 4.90. The zero-order valence-corrected chi connectivity index (χ0v) is 16.0. The van der Waals surface area contributed by atoms with E-state index in [1.54, 1.807) is 30.3 Å². The van der Waals surface area contributed by atoms with E-state index in [-0.39, 0.29) is 12.5 Å². The van der Waals surface area contributed by atoms with Crippen LogP contribution in [-0.2, 0) is 6.61 Å². The van der Waals surface area contributed by atoms with Crippen molar-refractivity contribution in [2.75, 3.05) is 26.2 Å². The molecule has 0 radical (unpaired) electrons. The summed E-state index contributed by atoms with van der Waals surface area (Å²) in [5.41, 5.74) is 7.16. The fraction of sp³-hybridized carbons (Fsp3) is 0.364. The molecule has 1 saturated heterocycles. The van der Waals surface area contributed by atoms with Gasteiger partial charge in [-0.1, -0.05) is 30.7 Å². The van der Waals surface area contributed by atoms with Gasteiger partial charge in [-0.2, -0.15) is 0 Å². The molecule has 3 N–H and O–H groups in total. The number of nitrogens with two attached hydrogens (primary N) is 1. The minimum Gasteiger partial charge on any atom is -0.488 e. The van der Waals surface area contributed by atoms with Crippen LogP contribution in [0.15, 0.2) is 48.5 Å². The van der Waals surface area contributed by atoms with E-state index in [0.29, 0.717) is 23.4 Å². The minimum absolute atomic E-state index is 0.0867. The standard InChI is InChI=1S/C22H27N3O3/c23-21(26)19-9-2-3-10-20(19)28-16-17-7-6-8-18(15-17)22(27)24-11-14-25-12-4-1-5-13-25/h2-3,6-10,15H,1,4-5,11-14,16H2,(H2,23,26)(H,24,27). The van der Waals surface area contributed by atoms with Gasteiger partial charge in [0, 0.05) is 18.7 Å². The number of ether oxygens (including phenoxy) is 1. The fourth-order valence-electron chi connectivity index (χ4n) is 3.37. The summed E-state index contributed by atoms with van der Waals surface area (Å²) in [6, 6.07) is 14.2. The molecule has 0 aromatic heterocycles. The highest BCUT2D eigenvalue weighted by molar-refractivity contribution is 5.95. The van der Waals surface area contributed by atoms with E-state index in [4.69, 9.17) is 10.5 Å². The van der Waals surface area contributed by atoms with Gasteiger partial charge in [-0.05, 0) is 55.8 Å². The fourth-order valence-corrected chi connectivity index (χ4v) is 3.37. The van der Waals surface area contributed by atoms with Gasteiger partial charge in [-0.15, -0.1) is 0 Å². The first kappa shape index (κ1) is 19.9. The van der Waals surface area contributed by atoms with E-state index < -0.39 is 5.91 Å². The van der Waals surface area contributed by atoms with Crippen LogP contribution in [0.2, 0.25) is 0 Å². The number of amides is 2. The number of nitrogens with one attached hydrogen (secondary N) is 1. The third-order valence-electron chi connectivity index (χ3n) is 4.90. The number of para-hydroxylation sites is 1. The van der Waals surface area contributed by atoms with E-state index in [1.807, 2.05) is 18.2 Å². The molecule has 148 valence electrons. The molecule has 1 aliphatic rings. The zero-order chi connectivity index (χ0) is 19.8. The van der Waals surface area contributed by atoms with Gasteiger partial charge in [0.15, 0.2) is 0 Å². The molecule has 1 fully saturated rings. The summed E-state index contributed by atoms with van der Waals surface area (Å²) in [5.74, 6) is -0.180. The highest BCUT2D eigenvalue weighted by Crippen LogP contribution is 2.19. The molecule has 3 rings (SSSR count). The van der Waals surface area contributed by atoms with Crippen LogP contribution in [0.5, 0.6) is 5.75 Å². The Morgan fingerprint density at radius 2 is 1.82 bits per heavy atom. The van der Waals surface area contributed by atoms with Crippen molar-refractivity contribution in [1.82, 2.24) is 10.2 Å². The van der Waals surface area contributed by atoms with Crippen LogP contribution >= 0.6 is 0 Å². The number of hydrogen-bond donors (Lipinski definition) is 2. The van der Waals surface area contributed by atoms with Crippen molar-refractivity contribution in [3.05, 3.63) is 65.2 Å². The summed E-state index contributed by atoms with van der Waals surface area (Å²) in [5, 5.41) is 2.99. The second-order valence-electron chi connectivity index (χ2n) is 7.01. The Labute approximate surface area is 165 Å². The molecule has 0 unspecified atom stereocenters. The SMILES string of the molecule is NC(=O)c1ccccc1OCc1cccc(C(=O)NCCN2CCCCC2)c1. The van der Waals surface area contributed by atoms with E-state index in [2.05, 4.69) is 10.2 Å². The summed E-state index contributed by atoms with van der Waals surface area (Å²) >= 11 is 0. The summed E-state index contributed by atoms with van der Waals surface area (Å²) in [4.78, 5) is 26.3. The van der Waals surface area contributed by atoms with Crippen LogP contribution in [0.1, 0.15) is 45.5 Å². The van der Waals surface area contributed by atoms with Crippen LogP contribution in [0, 0.1) is 0 Å². The van der Waals surface area contributed by atoms with Crippen LogP contribution in [-0.4, -0.2) is 42.9 Å². The largest absolute Gasteiger partial charge is 0.488 e. The van der Waals surface area contributed by atoms with Crippen LogP contribution in [0.3, 0.4) is 0 Å². The predicted molar refractivity (Wildman–Crippen MR) is 108 cm³/mol. The lowest BCUT2D eigenvalue weighted by Crippen LogP contribution is -2.37. The van der Waals surface area contributed by atoms with Gasteiger partial charge in [-0.25, -0.2) is 0 Å². The van der Waals surface area contributed by atoms with Crippen molar-refractivity contribution in [3.63, 3.8) is 0 Å². The maximum Gasteiger partial charge on any atom is 0.252 e. The van der Waals surface area contributed by atoms with Crippen molar-refractivity contribution >= 4 is 11.8 Å². The first-order valence-corrected chi connectivity index (χ1v) is 9.74. The summed E-state index contributed by atoms with van der Waals surface area (Å²) < 4.78 is 5.74. The van der Waals surface area contributed by atoms with Gasteiger partial charge in [0.2, 0.25) is 0 Å². The van der Waals surface area contributed by atoms with Gasteiger partial charge >= 0.3 is 0 Å². The van der Waals surface area contributed by atoms with Crippen molar-refractivity contribution in [1.29, 1.82) is 0 Å². The Hall–Kier alpha value is -2.86. The predicted octanol–water partition coefficient (Wildman–Crippen LogP) is 2.58. The van der Waals surface area contributed by atoms with Gasteiger partial charge in [-0.3, -0.25) is 9.59 Å². The molecule has 0 saturated carbocycles. The van der Waals surface area contributed by atoms with Crippen molar-refractivity contribution < 1.29 is 14.3 Å². The molecule has 28 heavy (non-hydrogen) atoms. The number of rotatable bonds is 8. The number of hydrogen-bond acceptors (Lipinski definition) is 4. The Morgan fingerprint density at radius 1 is 1.04 bits per heavy atom. The molecule has 0 spiro atoms. The highest BCUT2D eigenvalue weighted by Gasteiger charge is 2.12. The molecule has 1 aliphatic heterocycles. The van der Waals surface area contributed by atoms with Crippen molar-refractivity contribution in [2.45, 2.75) is 25.9 Å². The molecule has 0 bridgehead atoms. The highest BCUT2D eigenvalue weighted by atomic mass is 16.5. The molecule has 6 heteroatoms. The van der Waals surface area contributed by atoms with E-state index in [0.717, 1.165) is 25.2 Å². The number of carbonyl (C=O) groups excluding carboxylic acids is 2. The molecule has 6 nitrogen and oxygen atoms in total. The van der Waals surface area contributed by atoms with Crippen LogP contribution in [0.25, 0.3) is 0 Å². The van der Waals surface area contributed by atoms with Crippen molar-refractivity contribution in [2.24, 2.45) is 5.73 Å². The molecule has 1 heterocycles. The smallest absolute Gasteiger partial charge is 0.252 e. The average Bonchev–Trinajstić information content (AvgIpc) is 2.73. The normalized spacial score (nSPS) is 14.4. The maximum atomic E-state index is 12.4. The number of benzene rings is 2. The molecule has 2 aromatic carbocycles. The van der Waals surface area contributed by atoms with Crippen molar-refractivity contribution in [3.8, 4) is 5.75 Å². The molecular formula is C22H27N3O3. The topological polar surface area (TPSA) is 84.7 Å². The first-order valence-electron chi connectivity index (χ1n) is 9.74. The lowest BCUT2D eigenvalue weighted by atomic mass is 10.1. The van der Waals surface area contributed by atoms with E-state index >= 15 is 0 Å².